The molecule has 2 aromatic carbocycles. The second-order valence-corrected chi connectivity index (χ2v) is 6.92. The Morgan fingerprint density at radius 2 is 1.88 bits per heavy atom. The number of carbonyl (C=O) groups excluding carboxylic acids is 1. The van der Waals surface area contributed by atoms with E-state index < -0.39 is 6.03 Å². The van der Waals surface area contributed by atoms with Crippen LogP contribution in [0.4, 0.5) is 16.3 Å². The third-order valence-corrected chi connectivity index (χ3v) is 4.69. The van der Waals surface area contributed by atoms with Crippen molar-refractivity contribution in [2.75, 3.05) is 17.7 Å². The molecule has 0 aliphatic rings. The van der Waals surface area contributed by atoms with Gasteiger partial charge in [-0.15, -0.1) is 0 Å². The van der Waals surface area contributed by atoms with Gasteiger partial charge in [0.1, 0.15) is 11.6 Å². The van der Waals surface area contributed by atoms with Crippen LogP contribution < -0.4 is 20.9 Å². The Hall–Kier alpha value is -4.40. The minimum atomic E-state index is -0.479. The normalized spacial score (nSPS) is 10.6. The number of carbonyl (C=O) groups is 1. The van der Waals surface area contributed by atoms with E-state index in [4.69, 9.17) is 4.74 Å². The molecule has 0 spiro atoms. The molecule has 0 radical (unpaired) electrons. The SMILES string of the molecule is CCc1cc(=O)[nH]c(-n2nc(-c3ccccc3)cc2NC(=O)Nc2cccc(OC)c2)n1. The lowest BCUT2D eigenvalue weighted by Gasteiger charge is -2.10. The molecule has 32 heavy (non-hydrogen) atoms. The largest absolute Gasteiger partial charge is 0.497 e. The van der Waals surface area contributed by atoms with Crippen molar-refractivity contribution in [3.8, 4) is 23.0 Å². The molecule has 4 aromatic rings. The second-order valence-electron chi connectivity index (χ2n) is 6.92. The Balaban J connectivity index is 1.69. The smallest absolute Gasteiger partial charge is 0.324 e. The van der Waals surface area contributed by atoms with Gasteiger partial charge >= 0.3 is 6.03 Å². The Bertz CT molecular complexity index is 1300. The lowest BCUT2D eigenvalue weighted by molar-refractivity contribution is 0.262. The van der Waals surface area contributed by atoms with Crippen LogP contribution >= 0.6 is 0 Å². The van der Waals surface area contributed by atoms with Crippen LogP contribution in [-0.4, -0.2) is 32.9 Å². The fourth-order valence-electron chi connectivity index (χ4n) is 3.14. The number of H-pyrrole nitrogens is 1. The van der Waals surface area contributed by atoms with Gasteiger partial charge in [-0.05, 0) is 18.6 Å². The fourth-order valence-corrected chi connectivity index (χ4v) is 3.14. The van der Waals surface area contributed by atoms with E-state index in [0.717, 1.165) is 5.56 Å². The summed E-state index contributed by atoms with van der Waals surface area (Å²) in [4.78, 5) is 32.0. The number of methoxy groups -OCH3 is 1. The minimum absolute atomic E-state index is 0.216. The molecule has 0 unspecified atom stereocenters. The predicted molar refractivity (Wildman–Crippen MR) is 122 cm³/mol. The van der Waals surface area contributed by atoms with Crippen LogP contribution in [0.15, 0.2) is 71.5 Å². The van der Waals surface area contributed by atoms with E-state index >= 15 is 0 Å². The van der Waals surface area contributed by atoms with Crippen LogP contribution in [0, 0.1) is 0 Å². The van der Waals surface area contributed by atoms with Gasteiger partial charge in [-0.2, -0.15) is 9.78 Å². The number of hydrogen-bond donors (Lipinski definition) is 3. The molecule has 0 saturated heterocycles. The van der Waals surface area contributed by atoms with E-state index in [1.807, 2.05) is 37.3 Å². The molecule has 0 saturated carbocycles. The molecule has 0 fully saturated rings. The Kier molecular flexibility index (Phi) is 5.98. The number of nitrogens with one attached hydrogen (secondary N) is 3. The van der Waals surface area contributed by atoms with E-state index in [0.29, 0.717) is 35.1 Å². The van der Waals surface area contributed by atoms with Crippen LogP contribution in [0.3, 0.4) is 0 Å². The third kappa shape index (κ3) is 4.67. The molecule has 9 nitrogen and oxygen atoms in total. The first-order valence-corrected chi connectivity index (χ1v) is 10.0. The summed E-state index contributed by atoms with van der Waals surface area (Å²) in [6.45, 7) is 1.91. The quantitative estimate of drug-likeness (QED) is 0.430. The highest BCUT2D eigenvalue weighted by Gasteiger charge is 2.16. The van der Waals surface area contributed by atoms with Gasteiger partial charge in [-0.1, -0.05) is 43.3 Å². The summed E-state index contributed by atoms with van der Waals surface area (Å²) < 4.78 is 6.60. The highest BCUT2D eigenvalue weighted by Crippen LogP contribution is 2.24. The van der Waals surface area contributed by atoms with E-state index in [1.165, 1.54) is 10.7 Å². The Morgan fingerprint density at radius 1 is 1.06 bits per heavy atom. The number of aryl methyl sites for hydroxylation is 1. The predicted octanol–water partition coefficient (Wildman–Crippen LogP) is 3.84. The lowest BCUT2D eigenvalue weighted by atomic mass is 10.2. The second kappa shape index (κ2) is 9.17. The van der Waals surface area contributed by atoms with Crippen molar-refractivity contribution in [1.82, 2.24) is 19.7 Å². The minimum Gasteiger partial charge on any atom is -0.497 e. The van der Waals surface area contributed by atoms with Crippen molar-refractivity contribution in [2.45, 2.75) is 13.3 Å². The molecule has 0 bridgehead atoms. The standard InChI is InChI=1S/C23H22N6O3/c1-3-16-13-21(30)27-22(24-16)29-20(14-19(28-29)15-8-5-4-6-9-15)26-23(31)25-17-10-7-11-18(12-17)32-2/h4-14H,3H2,1-2H3,(H,24,27,30)(H2,25,26,31). The highest BCUT2D eigenvalue weighted by atomic mass is 16.5. The average Bonchev–Trinajstić information content (AvgIpc) is 3.23. The molecule has 4 rings (SSSR count). The summed E-state index contributed by atoms with van der Waals surface area (Å²) in [6.07, 6.45) is 0.586. The van der Waals surface area contributed by atoms with Crippen molar-refractivity contribution >= 4 is 17.5 Å². The Morgan fingerprint density at radius 3 is 2.62 bits per heavy atom. The maximum absolute atomic E-state index is 12.7. The van der Waals surface area contributed by atoms with Gasteiger partial charge in [-0.25, -0.2) is 9.78 Å². The number of amides is 2. The number of aromatic nitrogens is 4. The van der Waals surface area contributed by atoms with Gasteiger partial charge in [0.25, 0.3) is 5.56 Å². The highest BCUT2D eigenvalue weighted by molar-refractivity contribution is 5.99. The molecule has 2 amide bonds. The summed E-state index contributed by atoms with van der Waals surface area (Å²) in [5.74, 6) is 1.19. The summed E-state index contributed by atoms with van der Waals surface area (Å²) >= 11 is 0. The van der Waals surface area contributed by atoms with Crippen molar-refractivity contribution in [3.63, 3.8) is 0 Å². The average molecular weight is 430 g/mol. The van der Waals surface area contributed by atoms with E-state index in [-0.39, 0.29) is 11.5 Å². The molecule has 0 atom stereocenters. The number of anilines is 2. The number of ether oxygens (including phenoxy) is 1. The first kappa shape index (κ1) is 20.9. The summed E-state index contributed by atoms with van der Waals surface area (Å²) in [7, 11) is 1.56. The van der Waals surface area contributed by atoms with Crippen molar-refractivity contribution in [2.24, 2.45) is 0 Å². The molecule has 0 aliphatic heterocycles. The van der Waals surface area contributed by atoms with Crippen molar-refractivity contribution in [1.29, 1.82) is 0 Å². The fraction of sp³-hybridized carbons (Fsp3) is 0.130. The number of benzene rings is 2. The van der Waals surface area contributed by atoms with Gasteiger partial charge < -0.3 is 10.1 Å². The van der Waals surface area contributed by atoms with E-state index in [2.05, 4.69) is 25.7 Å². The zero-order valence-corrected chi connectivity index (χ0v) is 17.6. The monoisotopic (exact) mass is 430 g/mol. The first-order valence-electron chi connectivity index (χ1n) is 10.0. The summed E-state index contributed by atoms with van der Waals surface area (Å²) in [5.41, 5.74) is 2.36. The van der Waals surface area contributed by atoms with Gasteiger partial charge in [0, 0.05) is 35.1 Å². The van der Waals surface area contributed by atoms with Gasteiger partial charge in [0.15, 0.2) is 0 Å². The third-order valence-electron chi connectivity index (χ3n) is 4.69. The summed E-state index contributed by atoms with van der Waals surface area (Å²) in [5, 5.41) is 10.1. The molecule has 162 valence electrons. The van der Waals surface area contributed by atoms with Crippen LogP contribution in [0.25, 0.3) is 17.2 Å². The maximum atomic E-state index is 12.7. The Labute approximate surface area is 184 Å². The van der Waals surface area contributed by atoms with Crippen LogP contribution in [0.1, 0.15) is 12.6 Å². The molecule has 3 N–H and O–H groups in total. The zero-order chi connectivity index (χ0) is 22.5. The van der Waals surface area contributed by atoms with Crippen molar-refractivity contribution in [3.05, 3.63) is 82.8 Å². The lowest BCUT2D eigenvalue weighted by Crippen LogP contribution is -2.23. The molecular formula is C23H22N6O3. The van der Waals surface area contributed by atoms with Gasteiger partial charge in [0.2, 0.25) is 5.95 Å². The number of hydrogen-bond acceptors (Lipinski definition) is 5. The van der Waals surface area contributed by atoms with E-state index in [1.54, 1.807) is 37.4 Å². The van der Waals surface area contributed by atoms with Gasteiger partial charge in [0.05, 0.1) is 12.8 Å². The molecule has 0 aliphatic carbocycles. The number of urea groups is 1. The maximum Gasteiger partial charge on any atom is 0.324 e. The van der Waals surface area contributed by atoms with Gasteiger partial charge in [-0.3, -0.25) is 15.1 Å². The molecule has 2 heterocycles. The molecular weight excluding hydrogens is 408 g/mol. The molecule has 9 heteroatoms. The van der Waals surface area contributed by atoms with E-state index in [9.17, 15) is 9.59 Å². The van der Waals surface area contributed by atoms with Crippen LogP contribution in [0.5, 0.6) is 5.75 Å². The topological polar surface area (TPSA) is 114 Å². The zero-order valence-electron chi connectivity index (χ0n) is 17.6. The van der Waals surface area contributed by atoms with Crippen LogP contribution in [0.2, 0.25) is 0 Å². The summed E-state index contributed by atoms with van der Waals surface area (Å²) in [6, 6.07) is 19.2. The van der Waals surface area contributed by atoms with Crippen LogP contribution in [-0.2, 0) is 6.42 Å². The van der Waals surface area contributed by atoms with Crippen molar-refractivity contribution < 1.29 is 9.53 Å². The molecule has 2 aromatic heterocycles. The number of aromatic amines is 1. The number of nitrogens with zero attached hydrogens (tertiary/aromatic N) is 3. The first-order chi connectivity index (χ1) is 15.6. The number of rotatable bonds is 6.